The Morgan fingerprint density at radius 2 is 1.95 bits per heavy atom. The molecule has 0 spiro atoms. The zero-order chi connectivity index (χ0) is 14.0. The van der Waals surface area contributed by atoms with Crippen LogP contribution in [0.3, 0.4) is 0 Å². The predicted octanol–water partition coefficient (Wildman–Crippen LogP) is 3.28. The number of amides is 1. The van der Waals surface area contributed by atoms with E-state index in [2.05, 4.69) is 5.32 Å². The van der Waals surface area contributed by atoms with Crippen LogP contribution in [0.1, 0.15) is 21.5 Å². The second-order valence-electron chi connectivity index (χ2n) is 4.43. The Balaban J connectivity index is 2.31. The molecule has 2 aromatic rings. The Labute approximate surface area is 111 Å². The topological polar surface area (TPSA) is 55.1 Å². The van der Waals surface area contributed by atoms with Crippen LogP contribution in [0.2, 0.25) is 0 Å². The van der Waals surface area contributed by atoms with Gasteiger partial charge < -0.3 is 11.1 Å². The van der Waals surface area contributed by atoms with E-state index in [4.69, 9.17) is 5.73 Å². The maximum Gasteiger partial charge on any atom is 0.256 e. The van der Waals surface area contributed by atoms with Crippen LogP contribution in [0.5, 0.6) is 0 Å². The van der Waals surface area contributed by atoms with Crippen LogP contribution < -0.4 is 11.1 Å². The lowest BCUT2D eigenvalue weighted by Crippen LogP contribution is -2.14. The van der Waals surface area contributed by atoms with Gasteiger partial charge in [0.05, 0.1) is 0 Å². The highest BCUT2D eigenvalue weighted by Gasteiger charge is 2.12. The number of nitrogen functional groups attached to an aromatic ring is 1. The Kier molecular flexibility index (Phi) is 3.51. The smallest absolute Gasteiger partial charge is 0.256 e. The average Bonchev–Trinajstić information content (AvgIpc) is 2.38. The van der Waals surface area contributed by atoms with Gasteiger partial charge in [-0.25, -0.2) is 4.39 Å². The Morgan fingerprint density at radius 1 is 1.21 bits per heavy atom. The molecular weight excluding hydrogens is 243 g/mol. The largest absolute Gasteiger partial charge is 0.398 e. The SMILES string of the molecule is Cc1ccc(F)cc1C(=O)Nc1cccc(N)c1C. The first kappa shape index (κ1) is 13.1. The van der Waals surface area contributed by atoms with Gasteiger partial charge in [-0.1, -0.05) is 12.1 Å². The number of hydrogen-bond donors (Lipinski definition) is 2. The summed E-state index contributed by atoms with van der Waals surface area (Å²) in [7, 11) is 0. The van der Waals surface area contributed by atoms with Gasteiger partial charge in [0.2, 0.25) is 0 Å². The molecule has 0 heterocycles. The van der Waals surface area contributed by atoms with E-state index in [9.17, 15) is 9.18 Å². The van der Waals surface area contributed by atoms with Crippen LogP contribution in [-0.4, -0.2) is 5.91 Å². The molecular formula is C15H15FN2O. The number of halogens is 1. The van der Waals surface area contributed by atoms with Gasteiger partial charge in [-0.3, -0.25) is 4.79 Å². The van der Waals surface area contributed by atoms with E-state index >= 15 is 0 Å². The van der Waals surface area contributed by atoms with Crippen LogP contribution in [0.25, 0.3) is 0 Å². The van der Waals surface area contributed by atoms with Crippen LogP contribution in [0.4, 0.5) is 15.8 Å². The maximum atomic E-state index is 13.2. The van der Waals surface area contributed by atoms with Crippen LogP contribution in [0, 0.1) is 19.7 Å². The average molecular weight is 258 g/mol. The minimum Gasteiger partial charge on any atom is -0.398 e. The molecule has 0 bridgehead atoms. The zero-order valence-corrected chi connectivity index (χ0v) is 10.8. The van der Waals surface area contributed by atoms with E-state index in [1.54, 1.807) is 31.2 Å². The van der Waals surface area contributed by atoms with Crippen molar-refractivity contribution in [2.45, 2.75) is 13.8 Å². The molecule has 2 aromatic carbocycles. The van der Waals surface area contributed by atoms with Crippen molar-refractivity contribution >= 4 is 17.3 Å². The van der Waals surface area contributed by atoms with E-state index in [0.717, 1.165) is 11.1 Å². The summed E-state index contributed by atoms with van der Waals surface area (Å²) in [5.74, 6) is -0.772. The number of aryl methyl sites for hydroxylation is 1. The van der Waals surface area contributed by atoms with Crippen molar-refractivity contribution in [3.05, 3.63) is 58.9 Å². The first-order chi connectivity index (χ1) is 8.99. The van der Waals surface area contributed by atoms with E-state index in [1.165, 1.54) is 12.1 Å². The number of hydrogen-bond acceptors (Lipinski definition) is 2. The monoisotopic (exact) mass is 258 g/mol. The summed E-state index contributed by atoms with van der Waals surface area (Å²) in [5, 5.41) is 2.75. The molecule has 0 fully saturated rings. The second kappa shape index (κ2) is 5.10. The van der Waals surface area contributed by atoms with Crippen LogP contribution in [-0.2, 0) is 0 Å². The van der Waals surface area contributed by atoms with Crippen molar-refractivity contribution in [2.24, 2.45) is 0 Å². The normalized spacial score (nSPS) is 10.3. The number of anilines is 2. The zero-order valence-electron chi connectivity index (χ0n) is 10.8. The Morgan fingerprint density at radius 3 is 2.68 bits per heavy atom. The molecule has 3 nitrogen and oxygen atoms in total. The van der Waals surface area contributed by atoms with E-state index in [1.807, 2.05) is 6.92 Å². The molecule has 0 aliphatic rings. The maximum absolute atomic E-state index is 13.2. The van der Waals surface area contributed by atoms with E-state index < -0.39 is 5.82 Å². The first-order valence-electron chi connectivity index (χ1n) is 5.91. The molecule has 4 heteroatoms. The minimum atomic E-state index is -0.431. The number of carbonyl (C=O) groups excluding carboxylic acids is 1. The molecule has 98 valence electrons. The van der Waals surface area contributed by atoms with Crippen molar-refractivity contribution in [1.82, 2.24) is 0 Å². The fourth-order valence-corrected chi connectivity index (χ4v) is 1.82. The van der Waals surface area contributed by atoms with Crippen LogP contribution >= 0.6 is 0 Å². The van der Waals surface area contributed by atoms with Gasteiger partial charge in [-0.15, -0.1) is 0 Å². The highest BCUT2D eigenvalue weighted by molar-refractivity contribution is 6.05. The third-order valence-electron chi connectivity index (χ3n) is 3.07. The van der Waals surface area contributed by atoms with Crippen molar-refractivity contribution in [2.75, 3.05) is 11.1 Å². The number of rotatable bonds is 2. The van der Waals surface area contributed by atoms with Gasteiger partial charge in [-0.2, -0.15) is 0 Å². The molecule has 0 radical (unpaired) electrons. The predicted molar refractivity (Wildman–Crippen MR) is 74.7 cm³/mol. The van der Waals surface area contributed by atoms with Crippen molar-refractivity contribution in [3.8, 4) is 0 Å². The molecule has 0 aliphatic carbocycles. The number of nitrogens with one attached hydrogen (secondary N) is 1. The number of nitrogens with two attached hydrogens (primary N) is 1. The van der Waals surface area contributed by atoms with Gasteiger partial charge in [0.25, 0.3) is 5.91 Å². The summed E-state index contributed by atoms with van der Waals surface area (Å²) in [5.41, 5.74) is 8.86. The van der Waals surface area contributed by atoms with Crippen molar-refractivity contribution < 1.29 is 9.18 Å². The summed E-state index contributed by atoms with van der Waals surface area (Å²) in [6.07, 6.45) is 0. The summed E-state index contributed by atoms with van der Waals surface area (Å²) in [6.45, 7) is 3.59. The lowest BCUT2D eigenvalue weighted by molar-refractivity contribution is 0.102. The summed E-state index contributed by atoms with van der Waals surface area (Å²) in [6, 6.07) is 9.42. The van der Waals surface area contributed by atoms with Gasteiger partial charge in [0.15, 0.2) is 0 Å². The van der Waals surface area contributed by atoms with Gasteiger partial charge >= 0.3 is 0 Å². The number of carbonyl (C=O) groups is 1. The van der Waals surface area contributed by atoms with Crippen molar-refractivity contribution in [1.29, 1.82) is 0 Å². The van der Waals surface area contributed by atoms with E-state index in [0.29, 0.717) is 16.9 Å². The summed E-state index contributed by atoms with van der Waals surface area (Å²) < 4.78 is 13.2. The highest BCUT2D eigenvalue weighted by Crippen LogP contribution is 2.21. The Hall–Kier alpha value is -2.36. The fraction of sp³-hybridized carbons (Fsp3) is 0.133. The Bertz CT molecular complexity index is 638. The molecule has 19 heavy (non-hydrogen) atoms. The third kappa shape index (κ3) is 2.73. The van der Waals surface area contributed by atoms with Crippen LogP contribution in [0.15, 0.2) is 36.4 Å². The van der Waals surface area contributed by atoms with E-state index in [-0.39, 0.29) is 5.91 Å². The molecule has 0 unspecified atom stereocenters. The molecule has 0 saturated carbocycles. The molecule has 0 aliphatic heterocycles. The van der Waals surface area contributed by atoms with Crippen molar-refractivity contribution in [3.63, 3.8) is 0 Å². The van der Waals surface area contributed by atoms with Gasteiger partial charge in [0.1, 0.15) is 5.82 Å². The molecule has 0 saturated heterocycles. The lowest BCUT2D eigenvalue weighted by Gasteiger charge is -2.11. The van der Waals surface area contributed by atoms with Gasteiger partial charge in [-0.05, 0) is 49.2 Å². The molecule has 2 rings (SSSR count). The lowest BCUT2D eigenvalue weighted by atomic mass is 10.1. The van der Waals surface area contributed by atoms with Gasteiger partial charge in [0, 0.05) is 16.9 Å². The summed E-state index contributed by atoms with van der Waals surface area (Å²) >= 11 is 0. The standard InChI is InChI=1S/C15H15FN2O/c1-9-6-7-11(16)8-12(9)15(19)18-14-5-3-4-13(17)10(14)2/h3-8H,17H2,1-2H3,(H,18,19). The minimum absolute atomic E-state index is 0.321. The third-order valence-corrected chi connectivity index (χ3v) is 3.07. The fourth-order valence-electron chi connectivity index (χ4n) is 1.82. The summed E-state index contributed by atoms with van der Waals surface area (Å²) in [4.78, 5) is 12.1. The number of benzene rings is 2. The molecule has 0 aromatic heterocycles. The highest BCUT2D eigenvalue weighted by atomic mass is 19.1. The quantitative estimate of drug-likeness (QED) is 0.812. The molecule has 1 amide bonds. The second-order valence-corrected chi connectivity index (χ2v) is 4.43. The first-order valence-corrected chi connectivity index (χ1v) is 5.91. The molecule has 0 atom stereocenters. The molecule has 3 N–H and O–H groups in total.